The Morgan fingerprint density at radius 3 is 2.60 bits per heavy atom. The van der Waals surface area contributed by atoms with Gasteiger partial charge in [0.2, 0.25) is 0 Å². The zero-order valence-electron chi connectivity index (χ0n) is 13.1. The van der Waals surface area contributed by atoms with Gasteiger partial charge in [-0.15, -0.1) is 0 Å². The first kappa shape index (κ1) is 15.3. The van der Waals surface area contributed by atoms with E-state index in [-0.39, 0.29) is 12.1 Å². The van der Waals surface area contributed by atoms with Gasteiger partial charge in [-0.2, -0.15) is 0 Å². The smallest absolute Gasteiger partial charge is 0.119 e. The summed E-state index contributed by atoms with van der Waals surface area (Å²) < 4.78 is 5.88. The summed E-state index contributed by atoms with van der Waals surface area (Å²) in [7, 11) is 0. The number of ether oxygens (including phenoxy) is 1. The summed E-state index contributed by atoms with van der Waals surface area (Å²) in [6, 6.07) is 6.81. The van der Waals surface area contributed by atoms with Crippen LogP contribution >= 0.6 is 0 Å². The molecule has 3 nitrogen and oxygen atoms in total. The van der Waals surface area contributed by atoms with Gasteiger partial charge in [0.25, 0.3) is 0 Å². The van der Waals surface area contributed by atoms with Crippen molar-refractivity contribution in [3.8, 4) is 5.75 Å². The first-order chi connectivity index (χ1) is 9.43. The van der Waals surface area contributed by atoms with Crippen LogP contribution in [-0.4, -0.2) is 29.9 Å². The normalized spacial score (nSPS) is 18.1. The molecule has 1 aliphatic rings. The van der Waals surface area contributed by atoms with Crippen molar-refractivity contribution in [1.82, 2.24) is 5.32 Å². The van der Waals surface area contributed by atoms with E-state index in [1.165, 1.54) is 24.0 Å². The van der Waals surface area contributed by atoms with E-state index in [9.17, 15) is 5.11 Å². The van der Waals surface area contributed by atoms with Gasteiger partial charge in [0, 0.05) is 6.04 Å². The van der Waals surface area contributed by atoms with Crippen LogP contribution in [0.1, 0.15) is 50.7 Å². The molecule has 3 heteroatoms. The van der Waals surface area contributed by atoms with Crippen molar-refractivity contribution in [2.75, 3.05) is 13.2 Å². The van der Waals surface area contributed by atoms with Gasteiger partial charge in [-0.05, 0) is 55.9 Å². The highest BCUT2D eigenvalue weighted by molar-refractivity contribution is 5.36. The minimum absolute atomic E-state index is 0.0898. The number of rotatable bonds is 7. The van der Waals surface area contributed by atoms with Crippen molar-refractivity contribution in [3.05, 3.63) is 29.3 Å². The zero-order chi connectivity index (χ0) is 14.8. The number of benzene rings is 1. The maximum Gasteiger partial charge on any atom is 0.119 e. The number of hydrogen-bond acceptors (Lipinski definition) is 3. The Morgan fingerprint density at radius 1 is 1.40 bits per heavy atom. The SMILES string of the molecule is Cc1cc(OCC(C)(CO)NC2CC2)ccc1C(C)C. The fourth-order valence-corrected chi connectivity index (χ4v) is 2.48. The van der Waals surface area contributed by atoms with E-state index in [1.807, 2.05) is 13.0 Å². The summed E-state index contributed by atoms with van der Waals surface area (Å²) in [4.78, 5) is 0. The molecular formula is C17H27NO2. The third kappa shape index (κ3) is 3.97. The van der Waals surface area contributed by atoms with Crippen LogP contribution in [0.5, 0.6) is 5.75 Å². The van der Waals surface area contributed by atoms with Crippen LogP contribution in [0.3, 0.4) is 0 Å². The Kier molecular flexibility index (Phi) is 4.71. The molecule has 2 rings (SSSR count). The number of aryl methyl sites for hydroxylation is 1. The molecule has 0 radical (unpaired) electrons. The molecule has 0 bridgehead atoms. The minimum atomic E-state index is -0.355. The summed E-state index contributed by atoms with van der Waals surface area (Å²) >= 11 is 0. The molecule has 1 unspecified atom stereocenters. The van der Waals surface area contributed by atoms with Crippen molar-refractivity contribution in [1.29, 1.82) is 0 Å². The molecule has 1 fully saturated rings. The van der Waals surface area contributed by atoms with Crippen LogP contribution in [0.15, 0.2) is 18.2 Å². The molecule has 0 aromatic heterocycles. The van der Waals surface area contributed by atoms with E-state index >= 15 is 0 Å². The first-order valence-electron chi connectivity index (χ1n) is 7.55. The highest BCUT2D eigenvalue weighted by Gasteiger charge is 2.32. The molecule has 20 heavy (non-hydrogen) atoms. The Balaban J connectivity index is 1.97. The van der Waals surface area contributed by atoms with Crippen molar-refractivity contribution in [3.63, 3.8) is 0 Å². The van der Waals surface area contributed by atoms with E-state index in [1.54, 1.807) is 0 Å². The summed E-state index contributed by atoms with van der Waals surface area (Å²) in [6.45, 7) is 9.11. The van der Waals surface area contributed by atoms with Gasteiger partial charge in [0.05, 0.1) is 12.1 Å². The maximum absolute atomic E-state index is 9.57. The highest BCUT2D eigenvalue weighted by atomic mass is 16.5. The third-order valence-electron chi connectivity index (χ3n) is 3.90. The Hall–Kier alpha value is -1.06. The molecule has 0 heterocycles. The summed E-state index contributed by atoms with van der Waals surface area (Å²) in [5.74, 6) is 1.41. The van der Waals surface area contributed by atoms with Crippen LogP contribution in [0.25, 0.3) is 0 Å². The molecule has 112 valence electrons. The van der Waals surface area contributed by atoms with Crippen molar-refractivity contribution in [2.45, 2.75) is 58.0 Å². The molecule has 1 aromatic rings. The number of hydrogen-bond donors (Lipinski definition) is 2. The zero-order valence-corrected chi connectivity index (χ0v) is 13.1. The monoisotopic (exact) mass is 277 g/mol. The lowest BCUT2D eigenvalue weighted by molar-refractivity contribution is 0.114. The second-order valence-electron chi connectivity index (χ2n) is 6.60. The minimum Gasteiger partial charge on any atom is -0.492 e. The molecular weight excluding hydrogens is 250 g/mol. The molecule has 1 saturated carbocycles. The quantitative estimate of drug-likeness (QED) is 0.805. The molecule has 2 N–H and O–H groups in total. The lowest BCUT2D eigenvalue weighted by Crippen LogP contribution is -2.51. The van der Waals surface area contributed by atoms with Gasteiger partial charge in [0.15, 0.2) is 0 Å². The van der Waals surface area contributed by atoms with Crippen LogP contribution in [0, 0.1) is 6.92 Å². The van der Waals surface area contributed by atoms with Crippen LogP contribution in [0.4, 0.5) is 0 Å². The Morgan fingerprint density at radius 2 is 2.10 bits per heavy atom. The summed E-state index contributed by atoms with van der Waals surface area (Å²) in [6.07, 6.45) is 2.41. The van der Waals surface area contributed by atoms with E-state index in [2.05, 4.69) is 38.2 Å². The van der Waals surface area contributed by atoms with Crippen LogP contribution in [0.2, 0.25) is 0 Å². The summed E-state index contributed by atoms with van der Waals surface area (Å²) in [5, 5.41) is 13.0. The van der Waals surface area contributed by atoms with Crippen molar-refractivity contribution < 1.29 is 9.84 Å². The standard InChI is InChI=1S/C17H27NO2/c1-12(2)16-8-7-15(9-13(16)3)20-11-17(4,10-19)18-14-5-6-14/h7-9,12,14,18-19H,5-6,10-11H2,1-4H3. The lowest BCUT2D eigenvalue weighted by atomic mass is 9.98. The van der Waals surface area contributed by atoms with Gasteiger partial charge in [0.1, 0.15) is 12.4 Å². The number of nitrogens with one attached hydrogen (secondary N) is 1. The summed E-state index contributed by atoms with van der Waals surface area (Å²) in [5.41, 5.74) is 2.27. The molecule has 1 aliphatic carbocycles. The molecule has 0 saturated heterocycles. The van der Waals surface area contributed by atoms with Gasteiger partial charge >= 0.3 is 0 Å². The number of aliphatic hydroxyl groups excluding tert-OH is 1. The van der Waals surface area contributed by atoms with Crippen LogP contribution < -0.4 is 10.1 Å². The molecule has 0 spiro atoms. The van der Waals surface area contributed by atoms with Crippen LogP contribution in [-0.2, 0) is 0 Å². The highest BCUT2D eigenvalue weighted by Crippen LogP contribution is 2.25. The maximum atomic E-state index is 9.57. The molecule has 1 aromatic carbocycles. The fourth-order valence-electron chi connectivity index (χ4n) is 2.48. The van der Waals surface area contributed by atoms with Gasteiger partial charge in [-0.3, -0.25) is 0 Å². The molecule has 1 atom stereocenters. The average Bonchev–Trinajstić information content (AvgIpc) is 3.20. The van der Waals surface area contributed by atoms with E-state index in [0.29, 0.717) is 18.6 Å². The molecule has 0 aliphatic heterocycles. The van der Waals surface area contributed by atoms with Gasteiger partial charge < -0.3 is 15.2 Å². The van der Waals surface area contributed by atoms with E-state index < -0.39 is 0 Å². The fraction of sp³-hybridized carbons (Fsp3) is 0.647. The van der Waals surface area contributed by atoms with Crippen molar-refractivity contribution in [2.24, 2.45) is 0 Å². The first-order valence-corrected chi connectivity index (χ1v) is 7.55. The largest absolute Gasteiger partial charge is 0.492 e. The third-order valence-corrected chi connectivity index (χ3v) is 3.90. The van der Waals surface area contributed by atoms with Gasteiger partial charge in [-0.1, -0.05) is 19.9 Å². The van der Waals surface area contributed by atoms with E-state index in [4.69, 9.17) is 4.74 Å². The predicted molar refractivity (Wildman–Crippen MR) is 82.4 cm³/mol. The Bertz CT molecular complexity index is 454. The Labute approximate surface area is 122 Å². The van der Waals surface area contributed by atoms with Crippen molar-refractivity contribution >= 4 is 0 Å². The number of aliphatic hydroxyl groups is 1. The second kappa shape index (κ2) is 6.15. The average molecular weight is 277 g/mol. The predicted octanol–water partition coefficient (Wildman–Crippen LogP) is 3.00. The van der Waals surface area contributed by atoms with Gasteiger partial charge in [-0.25, -0.2) is 0 Å². The molecule has 0 amide bonds. The topological polar surface area (TPSA) is 41.5 Å². The lowest BCUT2D eigenvalue weighted by Gasteiger charge is -2.29. The second-order valence-corrected chi connectivity index (χ2v) is 6.60. The van der Waals surface area contributed by atoms with E-state index in [0.717, 1.165) is 5.75 Å².